The van der Waals surface area contributed by atoms with Crippen LogP contribution in [0.3, 0.4) is 0 Å². The molecule has 0 spiro atoms. The van der Waals surface area contributed by atoms with Crippen LogP contribution >= 0.6 is 0 Å². The molecular formula is C18H36N2O. The summed E-state index contributed by atoms with van der Waals surface area (Å²) in [5.74, 6) is 1.37. The predicted molar refractivity (Wildman–Crippen MR) is 89.5 cm³/mol. The molecule has 3 heteroatoms. The Labute approximate surface area is 131 Å². The van der Waals surface area contributed by atoms with Crippen molar-refractivity contribution < 1.29 is 5.11 Å². The molecule has 0 radical (unpaired) electrons. The first-order valence-electron chi connectivity index (χ1n) is 9.29. The minimum atomic E-state index is -0.0157. The fourth-order valence-corrected chi connectivity index (χ4v) is 4.03. The Hall–Kier alpha value is -0.120. The van der Waals surface area contributed by atoms with Crippen LogP contribution in [0.25, 0.3) is 0 Å². The lowest BCUT2D eigenvalue weighted by atomic mass is 9.83. The van der Waals surface area contributed by atoms with Gasteiger partial charge in [-0.05, 0) is 70.0 Å². The molecule has 21 heavy (non-hydrogen) atoms. The van der Waals surface area contributed by atoms with E-state index in [4.69, 9.17) is 0 Å². The highest BCUT2D eigenvalue weighted by atomic mass is 16.3. The quantitative estimate of drug-likeness (QED) is 0.709. The molecule has 1 aliphatic carbocycles. The molecule has 0 aromatic rings. The Morgan fingerprint density at radius 3 is 2.48 bits per heavy atom. The first kappa shape index (κ1) is 17.2. The zero-order valence-electron chi connectivity index (χ0n) is 14.2. The van der Waals surface area contributed by atoms with Gasteiger partial charge in [0.2, 0.25) is 0 Å². The molecule has 2 unspecified atom stereocenters. The van der Waals surface area contributed by atoms with E-state index in [2.05, 4.69) is 24.1 Å². The number of nitrogens with one attached hydrogen (secondary N) is 1. The highest BCUT2D eigenvalue weighted by Gasteiger charge is 2.23. The van der Waals surface area contributed by atoms with Gasteiger partial charge in [-0.1, -0.05) is 26.7 Å². The van der Waals surface area contributed by atoms with Crippen LogP contribution in [0, 0.1) is 11.8 Å². The van der Waals surface area contributed by atoms with Crippen molar-refractivity contribution in [3.05, 3.63) is 0 Å². The van der Waals surface area contributed by atoms with Gasteiger partial charge in [0.1, 0.15) is 0 Å². The summed E-state index contributed by atoms with van der Waals surface area (Å²) < 4.78 is 0. The Kier molecular flexibility index (Phi) is 7.48. The summed E-state index contributed by atoms with van der Waals surface area (Å²) in [4.78, 5) is 2.61. The van der Waals surface area contributed by atoms with Crippen molar-refractivity contribution in [2.24, 2.45) is 11.8 Å². The van der Waals surface area contributed by atoms with Gasteiger partial charge < -0.3 is 15.3 Å². The van der Waals surface area contributed by atoms with Crippen LogP contribution in [0.4, 0.5) is 0 Å². The van der Waals surface area contributed by atoms with E-state index in [0.717, 1.165) is 24.9 Å². The van der Waals surface area contributed by atoms with Crippen LogP contribution in [0.15, 0.2) is 0 Å². The number of aliphatic hydroxyl groups is 1. The van der Waals surface area contributed by atoms with E-state index in [-0.39, 0.29) is 6.10 Å². The number of hydrogen-bond donors (Lipinski definition) is 2. The summed E-state index contributed by atoms with van der Waals surface area (Å²) in [6, 6.07) is 0.727. The average molecular weight is 296 g/mol. The third-order valence-electron chi connectivity index (χ3n) is 5.26. The van der Waals surface area contributed by atoms with Crippen LogP contribution < -0.4 is 5.32 Å². The molecule has 3 nitrogen and oxygen atoms in total. The van der Waals surface area contributed by atoms with Gasteiger partial charge in [0.25, 0.3) is 0 Å². The molecule has 124 valence electrons. The van der Waals surface area contributed by atoms with Crippen LogP contribution in [0.5, 0.6) is 0 Å². The van der Waals surface area contributed by atoms with E-state index in [1.54, 1.807) is 0 Å². The second-order valence-corrected chi connectivity index (χ2v) is 7.68. The Morgan fingerprint density at radius 1 is 1.10 bits per heavy atom. The highest BCUT2D eigenvalue weighted by molar-refractivity contribution is 4.78. The summed E-state index contributed by atoms with van der Waals surface area (Å²) in [5, 5.41) is 13.7. The van der Waals surface area contributed by atoms with Gasteiger partial charge in [-0.15, -0.1) is 0 Å². The van der Waals surface area contributed by atoms with Crippen LogP contribution in [0.2, 0.25) is 0 Å². The van der Waals surface area contributed by atoms with Gasteiger partial charge in [-0.25, -0.2) is 0 Å². The maximum atomic E-state index is 9.99. The van der Waals surface area contributed by atoms with Crippen LogP contribution in [-0.4, -0.2) is 48.3 Å². The Balaban J connectivity index is 1.52. The van der Waals surface area contributed by atoms with Gasteiger partial charge >= 0.3 is 0 Å². The molecule has 0 aromatic heterocycles. The number of aliphatic hydroxyl groups excluding tert-OH is 1. The van der Waals surface area contributed by atoms with Crippen molar-refractivity contribution >= 4 is 0 Å². The summed E-state index contributed by atoms with van der Waals surface area (Å²) in [6.45, 7) is 9.53. The van der Waals surface area contributed by atoms with Crippen molar-refractivity contribution in [2.45, 2.75) is 77.4 Å². The molecule has 0 amide bonds. The average Bonchev–Trinajstić information content (AvgIpc) is 2.46. The number of likely N-dealkylation sites (tertiary alicyclic amines) is 1. The van der Waals surface area contributed by atoms with E-state index in [9.17, 15) is 5.11 Å². The summed E-state index contributed by atoms with van der Waals surface area (Å²) in [7, 11) is 0. The fraction of sp³-hybridized carbons (Fsp3) is 1.00. The Morgan fingerprint density at radius 2 is 1.81 bits per heavy atom. The van der Waals surface area contributed by atoms with Gasteiger partial charge in [-0.3, -0.25) is 0 Å². The zero-order chi connectivity index (χ0) is 15.1. The van der Waals surface area contributed by atoms with Crippen molar-refractivity contribution in [2.75, 3.05) is 26.2 Å². The second-order valence-electron chi connectivity index (χ2n) is 7.68. The summed E-state index contributed by atoms with van der Waals surface area (Å²) >= 11 is 0. The lowest BCUT2D eigenvalue weighted by Crippen LogP contribution is -2.43. The first-order chi connectivity index (χ1) is 10.1. The smallest absolute Gasteiger partial charge is 0.0568 e. The van der Waals surface area contributed by atoms with E-state index in [0.29, 0.717) is 5.92 Å². The Bertz CT molecular complexity index is 274. The van der Waals surface area contributed by atoms with Crippen molar-refractivity contribution in [1.82, 2.24) is 10.2 Å². The van der Waals surface area contributed by atoms with Crippen molar-refractivity contribution in [1.29, 1.82) is 0 Å². The fourth-order valence-electron chi connectivity index (χ4n) is 4.03. The summed E-state index contributed by atoms with van der Waals surface area (Å²) in [6.07, 6.45) is 9.86. The molecule has 0 aromatic carbocycles. The summed E-state index contributed by atoms with van der Waals surface area (Å²) in [5.41, 5.74) is 0. The molecule has 1 aliphatic heterocycles. The molecule has 1 saturated heterocycles. The number of nitrogens with zero attached hydrogens (tertiary/aromatic N) is 1. The third-order valence-corrected chi connectivity index (χ3v) is 5.26. The van der Waals surface area contributed by atoms with Gasteiger partial charge in [0, 0.05) is 12.6 Å². The maximum absolute atomic E-state index is 9.99. The second kappa shape index (κ2) is 9.12. The maximum Gasteiger partial charge on any atom is 0.0568 e. The number of hydrogen-bond acceptors (Lipinski definition) is 3. The van der Waals surface area contributed by atoms with Gasteiger partial charge in [0.15, 0.2) is 0 Å². The van der Waals surface area contributed by atoms with E-state index in [1.165, 1.54) is 64.6 Å². The predicted octanol–water partition coefficient (Wildman–Crippen LogP) is 3.03. The molecule has 2 fully saturated rings. The van der Waals surface area contributed by atoms with Gasteiger partial charge in [0.05, 0.1) is 6.10 Å². The molecule has 2 N–H and O–H groups in total. The first-order valence-corrected chi connectivity index (χ1v) is 9.29. The van der Waals surface area contributed by atoms with Gasteiger partial charge in [-0.2, -0.15) is 0 Å². The molecule has 2 atom stereocenters. The standard InChI is InChI=1S/C18H36N2O/c1-15(2)14-20-12-9-17(10-13-20)19-11-5-7-16-6-3-4-8-18(16)21/h15-19,21H,3-14H2,1-2H3. The number of rotatable bonds is 7. The molecule has 1 saturated carbocycles. The molecule has 0 bridgehead atoms. The van der Waals surface area contributed by atoms with E-state index in [1.807, 2.05) is 0 Å². The largest absolute Gasteiger partial charge is 0.393 e. The number of piperidine rings is 1. The van der Waals surface area contributed by atoms with Crippen molar-refractivity contribution in [3.63, 3.8) is 0 Å². The van der Waals surface area contributed by atoms with Crippen molar-refractivity contribution in [3.8, 4) is 0 Å². The van der Waals surface area contributed by atoms with Crippen LogP contribution in [-0.2, 0) is 0 Å². The molecule has 1 heterocycles. The van der Waals surface area contributed by atoms with Crippen LogP contribution in [0.1, 0.15) is 65.2 Å². The monoisotopic (exact) mass is 296 g/mol. The molecule has 2 aliphatic rings. The lowest BCUT2D eigenvalue weighted by molar-refractivity contribution is 0.0640. The SMILES string of the molecule is CC(C)CN1CCC(NCCCC2CCCCC2O)CC1. The highest BCUT2D eigenvalue weighted by Crippen LogP contribution is 2.27. The normalized spacial score (nSPS) is 29.1. The topological polar surface area (TPSA) is 35.5 Å². The van der Waals surface area contributed by atoms with E-state index < -0.39 is 0 Å². The zero-order valence-corrected chi connectivity index (χ0v) is 14.2. The third kappa shape index (κ3) is 6.25. The lowest BCUT2D eigenvalue weighted by Gasteiger charge is -2.33. The van der Waals surface area contributed by atoms with E-state index >= 15 is 0 Å². The molecule has 2 rings (SSSR count). The minimum absolute atomic E-state index is 0.0157. The molecular weight excluding hydrogens is 260 g/mol. The minimum Gasteiger partial charge on any atom is -0.393 e.